The maximum Gasteiger partial charge on any atom is 0.265 e. The molecule has 2 aromatic rings. The summed E-state index contributed by atoms with van der Waals surface area (Å²) in [5.41, 5.74) is 0.918. The molecule has 0 aliphatic rings. The quantitative estimate of drug-likeness (QED) is 0.848. The van der Waals surface area contributed by atoms with Crippen LogP contribution in [0.4, 0.5) is 11.5 Å². The third kappa shape index (κ3) is 3.33. The summed E-state index contributed by atoms with van der Waals surface area (Å²) in [4.78, 5) is 6.50. The second-order valence-corrected chi connectivity index (χ2v) is 6.19. The highest BCUT2D eigenvalue weighted by molar-refractivity contribution is 7.92. The van der Waals surface area contributed by atoms with Crippen molar-refractivity contribution < 1.29 is 8.42 Å². The molecule has 2 N–H and O–H groups in total. The lowest BCUT2D eigenvalue weighted by Gasteiger charge is -2.19. The molecule has 0 atom stereocenters. The topological polar surface area (TPSA) is 91.0 Å². The Kier molecular flexibility index (Phi) is 4.46. The smallest absolute Gasteiger partial charge is 0.265 e. The molecule has 0 saturated carbocycles. The van der Waals surface area contributed by atoms with E-state index in [2.05, 4.69) is 24.8 Å². The fourth-order valence-corrected chi connectivity index (χ4v) is 3.18. The fraction of sp³-hybridized carbons (Fsp3) is 0.385. The average Bonchev–Trinajstić information content (AvgIpc) is 2.89. The van der Waals surface area contributed by atoms with Crippen molar-refractivity contribution in [3.05, 3.63) is 30.2 Å². The molecule has 0 unspecified atom stereocenters. The van der Waals surface area contributed by atoms with Gasteiger partial charge in [-0.25, -0.2) is 13.4 Å². The number of hydrogen-bond donors (Lipinski definition) is 2. The molecule has 2 heterocycles. The second-order valence-electron chi connectivity index (χ2n) is 4.54. The lowest BCUT2D eigenvalue weighted by Crippen LogP contribution is -2.23. The molecule has 0 aliphatic heterocycles. The minimum absolute atomic E-state index is 0.135. The molecule has 0 fully saturated rings. The molecule has 0 spiro atoms. The van der Waals surface area contributed by atoms with Crippen molar-refractivity contribution in [2.75, 3.05) is 22.7 Å². The Balaban J connectivity index is 2.19. The van der Waals surface area contributed by atoms with E-state index >= 15 is 0 Å². The first-order valence-corrected chi connectivity index (χ1v) is 8.20. The molecule has 0 amide bonds. The summed E-state index contributed by atoms with van der Waals surface area (Å²) in [6.45, 7) is 7.45. The largest absolute Gasteiger partial charge is 0.357 e. The number of H-pyrrole nitrogens is 1. The van der Waals surface area contributed by atoms with Gasteiger partial charge in [-0.2, -0.15) is 5.10 Å². The van der Waals surface area contributed by atoms with Gasteiger partial charge in [0.05, 0.1) is 23.8 Å². The molecule has 2 rings (SSSR count). The first-order chi connectivity index (χ1) is 9.97. The lowest BCUT2D eigenvalue weighted by molar-refractivity contribution is 0.600. The molecular formula is C13H19N5O2S. The van der Waals surface area contributed by atoms with Crippen LogP contribution in [0.3, 0.4) is 0 Å². The van der Waals surface area contributed by atoms with Gasteiger partial charge in [-0.3, -0.25) is 9.82 Å². The zero-order valence-electron chi connectivity index (χ0n) is 12.3. The molecule has 0 aliphatic carbocycles. The van der Waals surface area contributed by atoms with Gasteiger partial charge in [0.25, 0.3) is 10.0 Å². The minimum Gasteiger partial charge on any atom is -0.357 e. The Morgan fingerprint density at radius 3 is 2.43 bits per heavy atom. The highest BCUT2D eigenvalue weighted by Crippen LogP contribution is 2.19. The van der Waals surface area contributed by atoms with Crippen LogP contribution < -0.4 is 9.62 Å². The van der Waals surface area contributed by atoms with Gasteiger partial charge in [-0.05, 0) is 32.9 Å². The molecule has 7 nitrogen and oxygen atoms in total. The van der Waals surface area contributed by atoms with Crippen LogP contribution in [0, 0.1) is 6.92 Å². The van der Waals surface area contributed by atoms with E-state index in [0.717, 1.165) is 18.9 Å². The summed E-state index contributed by atoms with van der Waals surface area (Å²) in [6, 6.07) is 3.50. The first kappa shape index (κ1) is 15.3. The van der Waals surface area contributed by atoms with E-state index in [9.17, 15) is 8.42 Å². The zero-order chi connectivity index (χ0) is 15.5. The predicted molar refractivity (Wildman–Crippen MR) is 81.9 cm³/mol. The van der Waals surface area contributed by atoms with Crippen LogP contribution in [-0.4, -0.2) is 36.7 Å². The van der Waals surface area contributed by atoms with Gasteiger partial charge in [0.1, 0.15) is 10.7 Å². The van der Waals surface area contributed by atoms with Gasteiger partial charge in [0, 0.05) is 13.1 Å². The van der Waals surface area contributed by atoms with Crippen molar-refractivity contribution in [3.8, 4) is 0 Å². The fourth-order valence-electron chi connectivity index (χ4n) is 2.00. The van der Waals surface area contributed by atoms with Crippen molar-refractivity contribution in [1.82, 2.24) is 15.2 Å². The molecule has 0 saturated heterocycles. The third-order valence-electron chi connectivity index (χ3n) is 3.16. The average molecular weight is 309 g/mol. The van der Waals surface area contributed by atoms with Crippen molar-refractivity contribution >= 4 is 21.5 Å². The van der Waals surface area contributed by atoms with Crippen LogP contribution >= 0.6 is 0 Å². The number of nitrogens with zero attached hydrogens (tertiary/aromatic N) is 3. The maximum atomic E-state index is 12.2. The summed E-state index contributed by atoms with van der Waals surface area (Å²) in [5, 5.41) is 6.33. The SMILES string of the molecule is CCN(CC)c1ccc(NS(=O)(=O)c2cn[nH]c2C)cn1. The Bertz CT molecular complexity index is 690. The number of pyridine rings is 1. The van der Waals surface area contributed by atoms with Crippen LogP contribution in [0.5, 0.6) is 0 Å². The van der Waals surface area contributed by atoms with E-state index in [1.165, 1.54) is 12.4 Å². The van der Waals surface area contributed by atoms with Crippen molar-refractivity contribution in [2.24, 2.45) is 0 Å². The van der Waals surface area contributed by atoms with E-state index in [1.54, 1.807) is 19.1 Å². The number of nitrogens with one attached hydrogen (secondary N) is 2. The number of sulfonamides is 1. The summed E-state index contributed by atoms with van der Waals surface area (Å²) in [5.74, 6) is 0.822. The Labute approximate surface area is 124 Å². The van der Waals surface area contributed by atoms with Crippen molar-refractivity contribution in [2.45, 2.75) is 25.7 Å². The Morgan fingerprint density at radius 1 is 1.24 bits per heavy atom. The number of rotatable bonds is 6. The van der Waals surface area contributed by atoms with E-state index < -0.39 is 10.0 Å². The number of aryl methyl sites for hydroxylation is 1. The molecule has 0 radical (unpaired) electrons. The molecule has 2 aromatic heterocycles. The third-order valence-corrected chi connectivity index (χ3v) is 4.66. The monoisotopic (exact) mass is 309 g/mol. The van der Waals surface area contributed by atoms with Crippen LogP contribution in [0.1, 0.15) is 19.5 Å². The predicted octanol–water partition coefficient (Wildman–Crippen LogP) is 1.76. The minimum atomic E-state index is -3.64. The molecule has 0 aromatic carbocycles. The van der Waals surface area contributed by atoms with Crippen LogP contribution in [0.2, 0.25) is 0 Å². The first-order valence-electron chi connectivity index (χ1n) is 6.71. The van der Waals surface area contributed by atoms with Crippen LogP contribution in [0.15, 0.2) is 29.4 Å². The van der Waals surface area contributed by atoms with Crippen molar-refractivity contribution in [3.63, 3.8) is 0 Å². The summed E-state index contributed by atoms with van der Waals surface area (Å²) in [7, 11) is -3.64. The van der Waals surface area contributed by atoms with Crippen molar-refractivity contribution in [1.29, 1.82) is 0 Å². The Hall–Kier alpha value is -2.09. The molecule has 0 bridgehead atoms. The summed E-state index contributed by atoms with van der Waals surface area (Å²) >= 11 is 0. The normalized spacial score (nSPS) is 11.4. The molecule has 114 valence electrons. The van der Waals surface area contributed by atoms with E-state index in [-0.39, 0.29) is 4.90 Å². The molecule has 21 heavy (non-hydrogen) atoms. The Morgan fingerprint density at radius 2 is 1.95 bits per heavy atom. The number of hydrogen-bond acceptors (Lipinski definition) is 5. The van der Waals surface area contributed by atoms with Gasteiger partial charge in [-0.1, -0.05) is 0 Å². The van der Waals surface area contributed by atoms with Gasteiger partial charge < -0.3 is 4.90 Å². The number of anilines is 2. The van der Waals surface area contributed by atoms with E-state index in [4.69, 9.17) is 0 Å². The summed E-state index contributed by atoms with van der Waals surface area (Å²) < 4.78 is 26.9. The number of aromatic nitrogens is 3. The maximum absolute atomic E-state index is 12.2. The van der Waals surface area contributed by atoms with Crippen LogP contribution in [-0.2, 0) is 10.0 Å². The second kappa shape index (κ2) is 6.13. The molecular weight excluding hydrogens is 290 g/mol. The van der Waals surface area contributed by atoms with Gasteiger partial charge >= 0.3 is 0 Å². The van der Waals surface area contributed by atoms with E-state index in [0.29, 0.717) is 11.4 Å². The van der Waals surface area contributed by atoms with E-state index in [1.807, 2.05) is 13.8 Å². The van der Waals surface area contributed by atoms with Gasteiger partial charge in [-0.15, -0.1) is 0 Å². The molecule has 8 heteroatoms. The zero-order valence-corrected chi connectivity index (χ0v) is 13.1. The van der Waals surface area contributed by atoms with Gasteiger partial charge in [0.2, 0.25) is 0 Å². The van der Waals surface area contributed by atoms with Crippen LogP contribution in [0.25, 0.3) is 0 Å². The highest BCUT2D eigenvalue weighted by Gasteiger charge is 2.18. The summed E-state index contributed by atoms with van der Waals surface area (Å²) in [6.07, 6.45) is 2.80. The lowest BCUT2D eigenvalue weighted by atomic mass is 10.4. The standard InChI is InChI=1S/C13H19N5O2S/c1-4-18(5-2)13-7-6-11(8-14-13)17-21(19,20)12-9-15-16-10(12)3/h6-9,17H,4-5H2,1-3H3,(H,15,16). The number of aromatic amines is 1. The van der Waals surface area contributed by atoms with Gasteiger partial charge in [0.15, 0.2) is 0 Å². The highest BCUT2D eigenvalue weighted by atomic mass is 32.2.